The average Bonchev–Trinajstić information content (AvgIpc) is 2.79. The van der Waals surface area contributed by atoms with Crippen molar-refractivity contribution in [2.24, 2.45) is 5.73 Å². The van der Waals surface area contributed by atoms with Crippen molar-refractivity contribution in [1.29, 1.82) is 0 Å². The normalized spacial score (nSPS) is 18.0. The average molecular weight is 203 g/mol. The molecular formula is C13H17NO. The summed E-state index contributed by atoms with van der Waals surface area (Å²) in [6.07, 6.45) is 6.51. The molecule has 0 heterocycles. The molecule has 0 saturated carbocycles. The first kappa shape index (κ1) is 10.2. The lowest BCUT2D eigenvalue weighted by atomic mass is 9.78. The van der Waals surface area contributed by atoms with Crippen LogP contribution < -0.4 is 10.5 Å². The molecule has 1 aliphatic rings. The number of hydrogen-bond donors (Lipinski definition) is 1. The van der Waals surface area contributed by atoms with Gasteiger partial charge in [-0.1, -0.05) is 24.3 Å². The number of ether oxygens (including phenoxy) is 1. The molecule has 0 saturated heterocycles. The molecule has 80 valence electrons. The molecule has 1 aliphatic carbocycles. The van der Waals surface area contributed by atoms with Crippen molar-refractivity contribution in [3.8, 4) is 5.75 Å². The van der Waals surface area contributed by atoms with Gasteiger partial charge in [-0.05, 0) is 30.5 Å². The zero-order valence-electron chi connectivity index (χ0n) is 9.07. The second-order valence-corrected chi connectivity index (χ2v) is 4.10. The van der Waals surface area contributed by atoms with Crippen molar-refractivity contribution in [2.75, 3.05) is 13.7 Å². The number of allylic oxidation sites excluding steroid dienone is 2. The van der Waals surface area contributed by atoms with Gasteiger partial charge in [0.05, 0.1) is 7.11 Å². The Morgan fingerprint density at radius 2 is 2.07 bits per heavy atom. The summed E-state index contributed by atoms with van der Waals surface area (Å²) in [6, 6.07) is 8.24. The van der Waals surface area contributed by atoms with Gasteiger partial charge in [0, 0.05) is 12.0 Å². The van der Waals surface area contributed by atoms with E-state index in [4.69, 9.17) is 10.5 Å². The second kappa shape index (κ2) is 4.07. The molecule has 2 nitrogen and oxygen atoms in total. The summed E-state index contributed by atoms with van der Waals surface area (Å²) in [5.41, 5.74) is 7.30. The summed E-state index contributed by atoms with van der Waals surface area (Å²) in [5.74, 6) is 0.909. The van der Waals surface area contributed by atoms with Crippen molar-refractivity contribution in [2.45, 2.75) is 18.3 Å². The first-order chi connectivity index (χ1) is 7.30. The standard InChI is InChI=1S/C13H17NO/c1-15-12-6-4-5-11(9-12)13(10-14)7-2-3-8-13/h2-6,9H,7-8,10,14H2,1H3. The molecule has 1 aromatic carbocycles. The molecule has 1 aromatic rings. The Morgan fingerprint density at radius 1 is 1.33 bits per heavy atom. The van der Waals surface area contributed by atoms with Gasteiger partial charge in [-0.2, -0.15) is 0 Å². The molecular weight excluding hydrogens is 186 g/mol. The summed E-state index contributed by atoms with van der Waals surface area (Å²) in [4.78, 5) is 0. The van der Waals surface area contributed by atoms with Gasteiger partial charge in [0.1, 0.15) is 5.75 Å². The first-order valence-electron chi connectivity index (χ1n) is 5.30. The van der Waals surface area contributed by atoms with Crippen LogP contribution >= 0.6 is 0 Å². The fourth-order valence-corrected chi connectivity index (χ4v) is 2.17. The van der Waals surface area contributed by atoms with E-state index in [0.29, 0.717) is 6.54 Å². The Labute approximate surface area is 90.7 Å². The van der Waals surface area contributed by atoms with E-state index >= 15 is 0 Å². The van der Waals surface area contributed by atoms with Crippen molar-refractivity contribution in [1.82, 2.24) is 0 Å². The smallest absolute Gasteiger partial charge is 0.119 e. The molecule has 15 heavy (non-hydrogen) atoms. The van der Waals surface area contributed by atoms with E-state index in [1.807, 2.05) is 12.1 Å². The van der Waals surface area contributed by atoms with Crippen molar-refractivity contribution in [3.63, 3.8) is 0 Å². The maximum atomic E-state index is 5.91. The molecule has 0 fully saturated rings. The van der Waals surface area contributed by atoms with Gasteiger partial charge >= 0.3 is 0 Å². The molecule has 0 aromatic heterocycles. The Kier molecular flexibility index (Phi) is 2.78. The van der Waals surface area contributed by atoms with Crippen molar-refractivity contribution < 1.29 is 4.74 Å². The zero-order chi connectivity index (χ0) is 10.7. The van der Waals surface area contributed by atoms with Gasteiger partial charge < -0.3 is 10.5 Å². The molecule has 0 radical (unpaired) electrons. The Morgan fingerprint density at radius 3 is 2.67 bits per heavy atom. The van der Waals surface area contributed by atoms with Gasteiger partial charge in [0.2, 0.25) is 0 Å². The Hall–Kier alpha value is -1.28. The fourth-order valence-electron chi connectivity index (χ4n) is 2.17. The molecule has 0 spiro atoms. The number of methoxy groups -OCH3 is 1. The van der Waals surface area contributed by atoms with Crippen LogP contribution in [0.25, 0.3) is 0 Å². The highest BCUT2D eigenvalue weighted by atomic mass is 16.5. The molecule has 2 rings (SSSR count). The number of rotatable bonds is 3. The predicted molar refractivity (Wildman–Crippen MR) is 62.1 cm³/mol. The molecule has 0 unspecified atom stereocenters. The molecule has 0 amide bonds. The van der Waals surface area contributed by atoms with Crippen molar-refractivity contribution in [3.05, 3.63) is 42.0 Å². The molecule has 0 atom stereocenters. The van der Waals surface area contributed by atoms with Gasteiger partial charge in [-0.25, -0.2) is 0 Å². The van der Waals surface area contributed by atoms with E-state index in [2.05, 4.69) is 24.3 Å². The molecule has 2 N–H and O–H groups in total. The van der Waals surface area contributed by atoms with Crippen LogP contribution in [0.3, 0.4) is 0 Å². The summed E-state index contributed by atoms with van der Waals surface area (Å²) in [7, 11) is 1.70. The lowest BCUT2D eigenvalue weighted by Gasteiger charge is -2.28. The topological polar surface area (TPSA) is 35.2 Å². The minimum Gasteiger partial charge on any atom is -0.497 e. The highest BCUT2D eigenvalue weighted by Crippen LogP contribution is 2.37. The SMILES string of the molecule is COc1cccc(C2(CN)CC=CC2)c1. The van der Waals surface area contributed by atoms with Crippen LogP contribution in [-0.4, -0.2) is 13.7 Å². The summed E-state index contributed by atoms with van der Waals surface area (Å²) >= 11 is 0. The van der Waals surface area contributed by atoms with Crippen LogP contribution in [0.5, 0.6) is 5.75 Å². The highest BCUT2D eigenvalue weighted by Gasteiger charge is 2.31. The quantitative estimate of drug-likeness (QED) is 0.765. The maximum Gasteiger partial charge on any atom is 0.119 e. The Bertz CT molecular complexity index is 363. The number of hydrogen-bond acceptors (Lipinski definition) is 2. The monoisotopic (exact) mass is 203 g/mol. The largest absolute Gasteiger partial charge is 0.497 e. The van der Waals surface area contributed by atoms with E-state index in [1.165, 1.54) is 5.56 Å². The van der Waals surface area contributed by atoms with Crippen LogP contribution in [-0.2, 0) is 5.41 Å². The van der Waals surface area contributed by atoms with E-state index in [1.54, 1.807) is 7.11 Å². The number of benzene rings is 1. The molecule has 0 bridgehead atoms. The molecule has 2 heteroatoms. The van der Waals surface area contributed by atoms with E-state index in [9.17, 15) is 0 Å². The minimum atomic E-state index is 0.106. The molecule has 0 aliphatic heterocycles. The maximum absolute atomic E-state index is 5.91. The third kappa shape index (κ3) is 1.77. The minimum absolute atomic E-state index is 0.106. The second-order valence-electron chi connectivity index (χ2n) is 4.10. The number of nitrogens with two attached hydrogens (primary N) is 1. The van der Waals surface area contributed by atoms with Crippen LogP contribution in [0.15, 0.2) is 36.4 Å². The lowest BCUT2D eigenvalue weighted by Crippen LogP contribution is -2.32. The van der Waals surface area contributed by atoms with Gasteiger partial charge in [-0.15, -0.1) is 0 Å². The van der Waals surface area contributed by atoms with Crippen molar-refractivity contribution >= 4 is 0 Å². The van der Waals surface area contributed by atoms with Crippen LogP contribution in [0.4, 0.5) is 0 Å². The van der Waals surface area contributed by atoms with Gasteiger partial charge in [0.25, 0.3) is 0 Å². The van der Waals surface area contributed by atoms with Crippen LogP contribution in [0.1, 0.15) is 18.4 Å². The fraction of sp³-hybridized carbons (Fsp3) is 0.385. The zero-order valence-corrected chi connectivity index (χ0v) is 9.07. The lowest BCUT2D eigenvalue weighted by molar-refractivity contribution is 0.409. The highest BCUT2D eigenvalue weighted by molar-refractivity contribution is 5.36. The van der Waals surface area contributed by atoms with Crippen LogP contribution in [0, 0.1) is 0 Å². The van der Waals surface area contributed by atoms with Gasteiger partial charge in [-0.3, -0.25) is 0 Å². The van der Waals surface area contributed by atoms with Gasteiger partial charge in [0.15, 0.2) is 0 Å². The summed E-state index contributed by atoms with van der Waals surface area (Å²) in [5, 5.41) is 0. The van der Waals surface area contributed by atoms with Crippen LogP contribution in [0.2, 0.25) is 0 Å². The third-order valence-corrected chi connectivity index (χ3v) is 3.26. The van der Waals surface area contributed by atoms with E-state index < -0.39 is 0 Å². The van der Waals surface area contributed by atoms with E-state index in [-0.39, 0.29) is 5.41 Å². The first-order valence-corrected chi connectivity index (χ1v) is 5.30. The summed E-state index contributed by atoms with van der Waals surface area (Å²) < 4.78 is 5.24. The Balaban J connectivity index is 2.34. The predicted octanol–water partition coefficient (Wildman–Crippen LogP) is 2.24. The third-order valence-electron chi connectivity index (χ3n) is 3.26. The van der Waals surface area contributed by atoms with E-state index in [0.717, 1.165) is 18.6 Å². The summed E-state index contributed by atoms with van der Waals surface area (Å²) in [6.45, 7) is 0.688.